The van der Waals surface area contributed by atoms with Crippen molar-refractivity contribution in [2.75, 3.05) is 26.3 Å². The third-order valence-electron chi connectivity index (χ3n) is 6.33. The van der Waals surface area contributed by atoms with E-state index in [4.69, 9.17) is 9.72 Å². The number of thiazole rings is 1. The first-order chi connectivity index (χ1) is 14.7. The zero-order valence-corrected chi connectivity index (χ0v) is 17.7. The third-order valence-corrected chi connectivity index (χ3v) is 7.45. The second kappa shape index (κ2) is 8.86. The molecule has 1 saturated carbocycles. The number of morpholine rings is 1. The Morgan fingerprint density at radius 1 is 1.17 bits per heavy atom. The molecule has 2 saturated heterocycles. The van der Waals surface area contributed by atoms with Gasteiger partial charge in [0.2, 0.25) is 5.91 Å². The van der Waals surface area contributed by atoms with Crippen LogP contribution in [0.4, 0.5) is 0 Å². The molecule has 5 rings (SSSR count). The quantitative estimate of drug-likeness (QED) is 0.572. The molecule has 0 spiro atoms. The number of amides is 1. The average molecular weight is 432 g/mol. The highest BCUT2D eigenvalue weighted by Gasteiger charge is 2.42. The molecule has 3 atom stereocenters. The van der Waals surface area contributed by atoms with Gasteiger partial charge in [0.1, 0.15) is 17.2 Å². The molecular formula is C21H29N5O3S. The van der Waals surface area contributed by atoms with Crippen molar-refractivity contribution >= 4 is 27.5 Å². The normalized spacial score (nSPS) is 33.5. The molecule has 30 heavy (non-hydrogen) atoms. The summed E-state index contributed by atoms with van der Waals surface area (Å²) in [7, 11) is 0. The maximum atomic E-state index is 13.3. The Balaban J connectivity index is 1.40. The van der Waals surface area contributed by atoms with Crippen LogP contribution in [0, 0.1) is 0 Å². The highest BCUT2D eigenvalue weighted by atomic mass is 32.1. The monoisotopic (exact) mass is 431 g/mol. The number of rotatable bonds is 4. The van der Waals surface area contributed by atoms with Gasteiger partial charge in [0.05, 0.1) is 35.7 Å². The molecule has 0 bridgehead atoms. The summed E-state index contributed by atoms with van der Waals surface area (Å²) >= 11 is 1.58. The smallest absolute Gasteiger partial charge is 0.235 e. The van der Waals surface area contributed by atoms with E-state index in [1.54, 1.807) is 11.3 Å². The lowest BCUT2D eigenvalue weighted by Crippen LogP contribution is -2.71. The van der Waals surface area contributed by atoms with E-state index in [2.05, 4.69) is 20.9 Å². The minimum atomic E-state index is -0.397. The molecule has 2 aliphatic heterocycles. The molecule has 3 fully saturated rings. The number of para-hydroxylation sites is 1. The fourth-order valence-corrected chi connectivity index (χ4v) is 5.74. The van der Waals surface area contributed by atoms with Crippen molar-refractivity contribution < 1.29 is 14.6 Å². The summed E-state index contributed by atoms with van der Waals surface area (Å²) in [6.07, 6.45) is 2.79. The highest BCUT2D eigenvalue weighted by Crippen LogP contribution is 2.32. The third kappa shape index (κ3) is 4.23. The van der Waals surface area contributed by atoms with Crippen LogP contribution in [0.15, 0.2) is 24.3 Å². The SMILES string of the molecule is O=C1NC(N2CCOCC2)NC(NC2CCC(O)CC2)C1c1nc2ccccc2s1. The summed E-state index contributed by atoms with van der Waals surface area (Å²) in [6, 6.07) is 8.29. The Labute approximate surface area is 180 Å². The Morgan fingerprint density at radius 3 is 2.70 bits per heavy atom. The van der Waals surface area contributed by atoms with Gasteiger partial charge in [0.15, 0.2) is 0 Å². The lowest BCUT2D eigenvalue weighted by Gasteiger charge is -2.44. The predicted molar refractivity (Wildman–Crippen MR) is 115 cm³/mol. The van der Waals surface area contributed by atoms with Gasteiger partial charge in [-0.1, -0.05) is 12.1 Å². The van der Waals surface area contributed by atoms with Crippen LogP contribution in [0.2, 0.25) is 0 Å². The van der Waals surface area contributed by atoms with Crippen molar-refractivity contribution in [2.24, 2.45) is 0 Å². The van der Waals surface area contributed by atoms with Gasteiger partial charge in [0, 0.05) is 19.1 Å². The summed E-state index contributed by atoms with van der Waals surface area (Å²) in [5.74, 6) is -0.399. The van der Waals surface area contributed by atoms with Gasteiger partial charge in [-0.25, -0.2) is 4.98 Å². The molecular weight excluding hydrogens is 402 g/mol. The number of nitrogens with one attached hydrogen (secondary N) is 3. The number of carbonyl (C=O) groups is 1. The molecule has 2 aromatic rings. The number of aliphatic hydroxyl groups is 1. The second-order valence-electron chi connectivity index (χ2n) is 8.37. The molecule has 162 valence electrons. The molecule has 3 aliphatic rings. The maximum absolute atomic E-state index is 13.3. The summed E-state index contributed by atoms with van der Waals surface area (Å²) in [5.41, 5.74) is 0.931. The van der Waals surface area contributed by atoms with E-state index in [0.29, 0.717) is 13.2 Å². The Kier molecular flexibility index (Phi) is 5.99. The van der Waals surface area contributed by atoms with Crippen molar-refractivity contribution in [2.45, 2.75) is 56.2 Å². The van der Waals surface area contributed by atoms with E-state index in [1.165, 1.54) is 0 Å². The number of fused-ring (bicyclic) bond motifs is 1. The first-order valence-electron chi connectivity index (χ1n) is 10.9. The van der Waals surface area contributed by atoms with Crippen molar-refractivity contribution in [3.63, 3.8) is 0 Å². The number of hydrogen-bond donors (Lipinski definition) is 4. The van der Waals surface area contributed by atoms with Gasteiger partial charge >= 0.3 is 0 Å². The number of carbonyl (C=O) groups excluding carboxylic acids is 1. The molecule has 0 radical (unpaired) electrons. The fourth-order valence-electron chi connectivity index (χ4n) is 4.63. The molecule has 1 aliphatic carbocycles. The Hall–Kier alpha value is -1.62. The van der Waals surface area contributed by atoms with E-state index >= 15 is 0 Å². The van der Waals surface area contributed by atoms with Crippen LogP contribution in [0.25, 0.3) is 10.2 Å². The average Bonchev–Trinajstić information content (AvgIpc) is 3.19. The highest BCUT2D eigenvalue weighted by molar-refractivity contribution is 7.18. The topological polar surface area (TPSA) is 98.8 Å². The van der Waals surface area contributed by atoms with Gasteiger partial charge in [-0.3, -0.25) is 20.3 Å². The minimum absolute atomic E-state index is 0.00218. The number of aliphatic hydroxyl groups excluding tert-OH is 1. The van der Waals surface area contributed by atoms with Crippen LogP contribution in [-0.4, -0.2) is 71.8 Å². The predicted octanol–water partition coefficient (Wildman–Crippen LogP) is 0.934. The minimum Gasteiger partial charge on any atom is -0.393 e. The van der Waals surface area contributed by atoms with Crippen LogP contribution < -0.4 is 16.0 Å². The van der Waals surface area contributed by atoms with Gasteiger partial charge in [-0.2, -0.15) is 0 Å². The summed E-state index contributed by atoms with van der Waals surface area (Å²) in [6.45, 7) is 2.92. The standard InChI is InChI=1S/C21H29N5O3S/c27-14-7-5-13(6-8-14)22-18-17(20-23-15-3-1-2-4-16(15)30-20)19(28)25-21(24-18)26-9-11-29-12-10-26/h1-4,13-14,17-18,21-22,24,27H,5-12H2,(H,25,28). The lowest BCUT2D eigenvalue weighted by molar-refractivity contribution is -0.131. The van der Waals surface area contributed by atoms with E-state index < -0.39 is 5.92 Å². The molecule has 4 N–H and O–H groups in total. The summed E-state index contributed by atoms with van der Waals surface area (Å²) in [4.78, 5) is 20.3. The molecule has 1 amide bonds. The molecule has 3 heterocycles. The first kappa shape index (κ1) is 20.3. The number of aromatic nitrogens is 1. The van der Waals surface area contributed by atoms with Crippen molar-refractivity contribution in [3.05, 3.63) is 29.3 Å². The molecule has 1 aromatic carbocycles. The van der Waals surface area contributed by atoms with E-state index in [1.807, 2.05) is 24.3 Å². The van der Waals surface area contributed by atoms with E-state index in [0.717, 1.165) is 54.0 Å². The number of nitrogens with zero attached hydrogens (tertiary/aromatic N) is 2. The van der Waals surface area contributed by atoms with Crippen LogP contribution in [-0.2, 0) is 9.53 Å². The first-order valence-corrected chi connectivity index (χ1v) is 11.7. The Bertz CT molecular complexity index is 845. The van der Waals surface area contributed by atoms with Crippen molar-refractivity contribution in [1.82, 2.24) is 25.8 Å². The van der Waals surface area contributed by atoms with E-state index in [-0.39, 0.29) is 30.5 Å². The second-order valence-corrected chi connectivity index (χ2v) is 9.44. The summed E-state index contributed by atoms with van der Waals surface area (Å²) < 4.78 is 6.56. The van der Waals surface area contributed by atoms with Crippen molar-refractivity contribution in [3.8, 4) is 0 Å². The molecule has 9 heteroatoms. The van der Waals surface area contributed by atoms with Gasteiger partial charge < -0.3 is 15.2 Å². The molecule has 8 nitrogen and oxygen atoms in total. The Morgan fingerprint density at radius 2 is 1.93 bits per heavy atom. The molecule has 1 aromatic heterocycles. The van der Waals surface area contributed by atoms with Gasteiger partial charge in [0.25, 0.3) is 0 Å². The van der Waals surface area contributed by atoms with E-state index in [9.17, 15) is 9.90 Å². The molecule has 3 unspecified atom stereocenters. The van der Waals surface area contributed by atoms with Gasteiger partial charge in [-0.05, 0) is 37.8 Å². The number of ether oxygens (including phenoxy) is 1. The van der Waals surface area contributed by atoms with Crippen LogP contribution in [0.3, 0.4) is 0 Å². The zero-order chi connectivity index (χ0) is 20.5. The zero-order valence-electron chi connectivity index (χ0n) is 16.9. The summed E-state index contributed by atoms with van der Waals surface area (Å²) in [5, 5.41) is 21.2. The number of hydrogen-bond acceptors (Lipinski definition) is 8. The number of benzene rings is 1. The van der Waals surface area contributed by atoms with Crippen LogP contribution >= 0.6 is 11.3 Å². The van der Waals surface area contributed by atoms with Crippen LogP contribution in [0.1, 0.15) is 36.6 Å². The largest absolute Gasteiger partial charge is 0.393 e. The van der Waals surface area contributed by atoms with Crippen LogP contribution in [0.5, 0.6) is 0 Å². The fraction of sp³-hybridized carbons (Fsp3) is 0.619. The van der Waals surface area contributed by atoms with Crippen molar-refractivity contribution in [1.29, 1.82) is 0 Å². The lowest BCUT2D eigenvalue weighted by atomic mass is 9.92. The van der Waals surface area contributed by atoms with Gasteiger partial charge in [-0.15, -0.1) is 11.3 Å². The maximum Gasteiger partial charge on any atom is 0.235 e.